The minimum Gasteiger partial charge on any atom is -0.493 e. The summed E-state index contributed by atoms with van der Waals surface area (Å²) >= 11 is 3.49. The molecule has 158 valence electrons. The predicted molar refractivity (Wildman–Crippen MR) is 123 cm³/mol. The highest BCUT2D eigenvalue weighted by molar-refractivity contribution is 9.10. The first-order valence-corrected chi connectivity index (χ1v) is 11.0. The first-order chi connectivity index (χ1) is 15.1. The van der Waals surface area contributed by atoms with Crippen molar-refractivity contribution in [1.82, 2.24) is 10.6 Å². The number of halogens is 1. The molecule has 3 aromatic rings. The topological polar surface area (TPSA) is 67.4 Å². The van der Waals surface area contributed by atoms with Crippen molar-refractivity contribution in [1.29, 1.82) is 0 Å². The van der Waals surface area contributed by atoms with Crippen molar-refractivity contribution in [2.24, 2.45) is 0 Å². The van der Waals surface area contributed by atoms with Crippen LogP contribution in [0.3, 0.4) is 0 Å². The van der Waals surface area contributed by atoms with E-state index in [0.717, 1.165) is 21.3 Å². The van der Waals surface area contributed by atoms with Gasteiger partial charge in [0.05, 0.1) is 25.1 Å². The molecular weight excluding hydrogens is 456 g/mol. The van der Waals surface area contributed by atoms with Crippen molar-refractivity contribution >= 4 is 27.7 Å². The third-order valence-electron chi connectivity index (χ3n) is 5.28. The highest BCUT2D eigenvalue weighted by atomic mass is 79.9. The highest BCUT2D eigenvalue weighted by Crippen LogP contribution is 2.34. The molecule has 0 spiro atoms. The molecule has 2 atom stereocenters. The number of hydrogen-bond acceptors (Lipinski definition) is 3. The van der Waals surface area contributed by atoms with Gasteiger partial charge in [0.15, 0.2) is 0 Å². The Morgan fingerprint density at radius 2 is 1.71 bits per heavy atom. The van der Waals surface area contributed by atoms with Crippen LogP contribution in [0.1, 0.15) is 46.4 Å². The van der Waals surface area contributed by atoms with E-state index in [1.165, 1.54) is 0 Å². The smallest absolute Gasteiger partial charge is 0.251 e. The summed E-state index contributed by atoms with van der Waals surface area (Å²) in [6, 6.07) is 23.8. The monoisotopic (exact) mass is 478 g/mol. The van der Waals surface area contributed by atoms with Crippen molar-refractivity contribution in [3.05, 3.63) is 100 Å². The third kappa shape index (κ3) is 5.33. The Morgan fingerprint density at radius 1 is 1.00 bits per heavy atom. The second kappa shape index (κ2) is 9.79. The van der Waals surface area contributed by atoms with Gasteiger partial charge < -0.3 is 15.4 Å². The molecule has 1 aliphatic heterocycles. The number of benzene rings is 3. The molecule has 1 aliphatic rings. The standard InChI is InChI=1S/C25H23BrN2O3/c26-19-11-12-23-20(15-19)21(13-14-31-23)27-24(29)16-22(17-7-3-1-4-8-17)28-25(30)18-9-5-2-6-10-18/h1-12,15,21-22H,13-14,16H2,(H,27,29)(H,28,30). The maximum absolute atomic E-state index is 13.0. The van der Waals surface area contributed by atoms with E-state index < -0.39 is 6.04 Å². The molecule has 0 aromatic heterocycles. The van der Waals surface area contributed by atoms with Gasteiger partial charge in [-0.15, -0.1) is 0 Å². The van der Waals surface area contributed by atoms with Gasteiger partial charge in [0.25, 0.3) is 5.91 Å². The summed E-state index contributed by atoms with van der Waals surface area (Å²) in [6.45, 7) is 0.548. The van der Waals surface area contributed by atoms with Crippen molar-refractivity contribution < 1.29 is 14.3 Å². The Kier molecular flexibility index (Phi) is 6.67. The fourth-order valence-corrected chi connectivity index (χ4v) is 4.10. The summed E-state index contributed by atoms with van der Waals surface area (Å²) in [5.74, 6) is 0.458. The van der Waals surface area contributed by atoms with E-state index >= 15 is 0 Å². The fraction of sp³-hybridized carbons (Fsp3) is 0.200. The van der Waals surface area contributed by atoms with Gasteiger partial charge in [-0.1, -0.05) is 64.5 Å². The number of carbonyl (C=O) groups excluding carboxylic acids is 2. The Labute approximate surface area is 189 Å². The molecule has 2 unspecified atom stereocenters. The minimum absolute atomic E-state index is 0.125. The molecule has 4 rings (SSSR count). The maximum atomic E-state index is 13.0. The van der Waals surface area contributed by atoms with Crippen LogP contribution >= 0.6 is 15.9 Å². The Hall–Kier alpha value is -3.12. The second-order valence-corrected chi connectivity index (χ2v) is 8.36. The van der Waals surface area contributed by atoms with E-state index in [9.17, 15) is 9.59 Å². The van der Waals surface area contributed by atoms with E-state index in [1.807, 2.05) is 66.7 Å². The Balaban J connectivity index is 1.49. The first-order valence-electron chi connectivity index (χ1n) is 10.2. The minimum atomic E-state index is -0.435. The number of fused-ring (bicyclic) bond motifs is 1. The van der Waals surface area contributed by atoms with E-state index in [-0.39, 0.29) is 24.3 Å². The number of carbonyl (C=O) groups is 2. The SMILES string of the molecule is O=C(CC(NC(=O)c1ccccc1)c1ccccc1)NC1CCOc2ccc(Br)cc21. The fourth-order valence-electron chi connectivity index (χ4n) is 3.72. The number of hydrogen-bond donors (Lipinski definition) is 2. The molecule has 0 radical (unpaired) electrons. The van der Waals surface area contributed by atoms with Crippen LogP contribution in [0.25, 0.3) is 0 Å². The Morgan fingerprint density at radius 3 is 2.45 bits per heavy atom. The predicted octanol–water partition coefficient (Wildman–Crippen LogP) is 4.95. The lowest BCUT2D eigenvalue weighted by molar-refractivity contribution is -0.122. The van der Waals surface area contributed by atoms with Crippen LogP contribution in [-0.4, -0.2) is 18.4 Å². The molecule has 0 saturated heterocycles. The van der Waals surface area contributed by atoms with Crippen molar-refractivity contribution in [2.75, 3.05) is 6.61 Å². The number of nitrogens with one attached hydrogen (secondary N) is 2. The van der Waals surface area contributed by atoms with Gasteiger partial charge in [0.2, 0.25) is 5.91 Å². The zero-order valence-corrected chi connectivity index (χ0v) is 18.5. The summed E-state index contributed by atoms with van der Waals surface area (Å²) in [5.41, 5.74) is 2.41. The van der Waals surface area contributed by atoms with E-state index in [0.29, 0.717) is 18.6 Å². The lowest BCUT2D eigenvalue weighted by atomic mass is 9.99. The quantitative estimate of drug-likeness (QED) is 0.526. The zero-order chi connectivity index (χ0) is 21.6. The largest absolute Gasteiger partial charge is 0.493 e. The van der Waals surface area contributed by atoms with Gasteiger partial charge >= 0.3 is 0 Å². The van der Waals surface area contributed by atoms with Gasteiger partial charge in [-0.2, -0.15) is 0 Å². The van der Waals surface area contributed by atoms with Gasteiger partial charge in [-0.3, -0.25) is 9.59 Å². The average molecular weight is 479 g/mol. The summed E-state index contributed by atoms with van der Waals surface area (Å²) in [4.78, 5) is 25.7. The van der Waals surface area contributed by atoms with Crippen LogP contribution in [0.5, 0.6) is 5.75 Å². The van der Waals surface area contributed by atoms with Gasteiger partial charge in [-0.05, 0) is 35.9 Å². The average Bonchev–Trinajstić information content (AvgIpc) is 2.80. The molecule has 2 N–H and O–H groups in total. The summed E-state index contributed by atoms with van der Waals surface area (Å²) in [5, 5.41) is 6.14. The van der Waals surface area contributed by atoms with E-state index in [1.54, 1.807) is 12.1 Å². The van der Waals surface area contributed by atoms with Gasteiger partial charge in [0.1, 0.15) is 5.75 Å². The zero-order valence-electron chi connectivity index (χ0n) is 16.9. The summed E-state index contributed by atoms with van der Waals surface area (Å²) in [6.07, 6.45) is 0.838. The van der Waals surface area contributed by atoms with Crippen molar-refractivity contribution in [2.45, 2.75) is 24.9 Å². The molecule has 5 nitrogen and oxygen atoms in total. The van der Waals surface area contributed by atoms with Crippen molar-refractivity contribution in [3.8, 4) is 5.75 Å². The van der Waals surface area contributed by atoms with Crippen LogP contribution in [0.4, 0.5) is 0 Å². The van der Waals surface area contributed by atoms with Crippen LogP contribution in [-0.2, 0) is 4.79 Å². The normalized spacial score (nSPS) is 15.8. The highest BCUT2D eigenvalue weighted by Gasteiger charge is 2.25. The molecule has 31 heavy (non-hydrogen) atoms. The molecular formula is C25H23BrN2O3. The molecule has 6 heteroatoms. The lowest BCUT2D eigenvalue weighted by Crippen LogP contribution is -2.36. The molecule has 0 fully saturated rings. The number of amides is 2. The molecule has 3 aromatic carbocycles. The molecule has 2 amide bonds. The maximum Gasteiger partial charge on any atom is 0.251 e. The molecule has 0 aliphatic carbocycles. The van der Waals surface area contributed by atoms with Crippen LogP contribution in [0.2, 0.25) is 0 Å². The first kappa shape index (κ1) is 21.1. The van der Waals surface area contributed by atoms with E-state index in [4.69, 9.17) is 4.74 Å². The summed E-state index contributed by atoms with van der Waals surface area (Å²) in [7, 11) is 0. The summed E-state index contributed by atoms with van der Waals surface area (Å²) < 4.78 is 6.65. The van der Waals surface area contributed by atoms with Crippen LogP contribution in [0.15, 0.2) is 83.3 Å². The van der Waals surface area contributed by atoms with Crippen LogP contribution in [0, 0.1) is 0 Å². The van der Waals surface area contributed by atoms with Gasteiger partial charge in [0, 0.05) is 22.0 Å². The number of ether oxygens (including phenoxy) is 1. The Bertz CT molecular complexity index is 1060. The van der Waals surface area contributed by atoms with Gasteiger partial charge in [-0.25, -0.2) is 0 Å². The molecule has 0 saturated carbocycles. The third-order valence-corrected chi connectivity index (χ3v) is 5.77. The number of rotatable bonds is 6. The van der Waals surface area contributed by atoms with E-state index in [2.05, 4.69) is 26.6 Å². The second-order valence-electron chi connectivity index (χ2n) is 7.45. The molecule has 0 bridgehead atoms. The molecule has 1 heterocycles. The lowest BCUT2D eigenvalue weighted by Gasteiger charge is -2.28. The van der Waals surface area contributed by atoms with Crippen LogP contribution < -0.4 is 15.4 Å². The van der Waals surface area contributed by atoms with Crippen molar-refractivity contribution in [3.63, 3.8) is 0 Å².